The van der Waals surface area contributed by atoms with Crippen molar-refractivity contribution < 1.29 is 27.3 Å². The highest BCUT2D eigenvalue weighted by molar-refractivity contribution is 7.86. The van der Waals surface area contributed by atoms with E-state index in [0.717, 1.165) is 17.1 Å². The highest BCUT2D eigenvalue weighted by Gasteiger charge is 2.32. The number of carbonyl (C=O) groups excluding carboxylic acids is 2. The third-order valence-corrected chi connectivity index (χ3v) is 4.42. The number of rotatable bonds is 4. The first kappa shape index (κ1) is 17.7. The Balaban J connectivity index is 2.45. The van der Waals surface area contributed by atoms with Gasteiger partial charge in [0.05, 0.1) is 28.8 Å². The van der Waals surface area contributed by atoms with Gasteiger partial charge in [0.15, 0.2) is 5.71 Å². The Hall–Kier alpha value is -1.68. The zero-order valence-corrected chi connectivity index (χ0v) is 13.9. The Morgan fingerprint density at radius 2 is 2.04 bits per heavy atom. The summed E-state index contributed by atoms with van der Waals surface area (Å²) in [6.07, 6.45) is -0.285. The van der Waals surface area contributed by atoms with Gasteiger partial charge in [-0.05, 0) is 19.1 Å². The van der Waals surface area contributed by atoms with Gasteiger partial charge in [-0.1, -0.05) is 23.2 Å². The normalized spacial score (nSPS) is 14.9. The van der Waals surface area contributed by atoms with Crippen LogP contribution in [0, 0.1) is 0 Å². The summed E-state index contributed by atoms with van der Waals surface area (Å²) >= 11 is 11.7. The van der Waals surface area contributed by atoms with E-state index in [2.05, 4.69) is 5.10 Å². The van der Waals surface area contributed by atoms with Crippen LogP contribution in [0.5, 0.6) is 0 Å². The largest absolute Gasteiger partial charge is 0.461 e. The fourth-order valence-corrected chi connectivity index (χ4v) is 3.15. The lowest BCUT2D eigenvalue weighted by Gasteiger charge is -2.14. The second-order valence-corrected chi connectivity index (χ2v) is 6.56. The SMILES string of the molecule is CCOC(=O)C1=NN(c2cc(Cl)c(S(=O)(=O)O)cc2Cl)C(=O)C1. The summed E-state index contributed by atoms with van der Waals surface area (Å²) in [7, 11) is -4.57. The molecular formula is C12H10Cl2N2O6S. The van der Waals surface area contributed by atoms with E-state index in [4.69, 9.17) is 32.5 Å². The zero-order valence-electron chi connectivity index (χ0n) is 11.6. The maximum Gasteiger partial charge on any atom is 0.355 e. The van der Waals surface area contributed by atoms with E-state index in [9.17, 15) is 18.0 Å². The molecule has 0 unspecified atom stereocenters. The first-order valence-electron chi connectivity index (χ1n) is 6.19. The second kappa shape index (κ2) is 6.44. The minimum Gasteiger partial charge on any atom is -0.461 e. The van der Waals surface area contributed by atoms with Gasteiger partial charge in [-0.25, -0.2) is 4.79 Å². The molecule has 0 saturated heterocycles. The zero-order chi connectivity index (χ0) is 17.4. The van der Waals surface area contributed by atoms with Crippen molar-refractivity contribution in [3.05, 3.63) is 22.2 Å². The molecule has 2 rings (SSSR count). The van der Waals surface area contributed by atoms with Crippen LogP contribution < -0.4 is 5.01 Å². The van der Waals surface area contributed by atoms with Crippen LogP contribution in [0.3, 0.4) is 0 Å². The molecule has 0 spiro atoms. The van der Waals surface area contributed by atoms with Crippen LogP contribution in [0.25, 0.3) is 0 Å². The van der Waals surface area contributed by atoms with Gasteiger partial charge >= 0.3 is 5.97 Å². The van der Waals surface area contributed by atoms with Crippen molar-refractivity contribution in [1.82, 2.24) is 0 Å². The molecule has 1 aromatic carbocycles. The number of carbonyl (C=O) groups is 2. The summed E-state index contributed by atoms with van der Waals surface area (Å²) in [5.74, 6) is -1.30. The lowest BCUT2D eigenvalue weighted by molar-refractivity contribution is -0.135. The van der Waals surface area contributed by atoms with Crippen LogP contribution in [0.15, 0.2) is 22.1 Å². The molecule has 1 aromatic rings. The van der Waals surface area contributed by atoms with Gasteiger partial charge in [-0.2, -0.15) is 18.5 Å². The fraction of sp³-hybridized carbons (Fsp3) is 0.250. The van der Waals surface area contributed by atoms with E-state index in [-0.39, 0.29) is 34.5 Å². The van der Waals surface area contributed by atoms with Crippen LogP contribution in [0.4, 0.5) is 5.69 Å². The van der Waals surface area contributed by atoms with Crippen LogP contribution in [0.2, 0.25) is 10.0 Å². The van der Waals surface area contributed by atoms with Crippen molar-refractivity contribution in [3.8, 4) is 0 Å². The number of esters is 1. The number of hydrogen-bond donors (Lipinski definition) is 1. The molecule has 1 N–H and O–H groups in total. The van der Waals surface area contributed by atoms with E-state index < -0.39 is 26.9 Å². The molecule has 0 atom stereocenters. The predicted molar refractivity (Wildman–Crippen MR) is 82.4 cm³/mol. The Kier molecular flexibility index (Phi) is 4.95. The monoisotopic (exact) mass is 380 g/mol. The molecule has 1 aliphatic rings. The van der Waals surface area contributed by atoms with E-state index in [1.54, 1.807) is 6.92 Å². The van der Waals surface area contributed by atoms with Crippen molar-refractivity contribution in [2.45, 2.75) is 18.2 Å². The number of benzene rings is 1. The Morgan fingerprint density at radius 3 is 2.61 bits per heavy atom. The Labute approximate surface area is 141 Å². The first-order valence-corrected chi connectivity index (χ1v) is 8.38. The van der Waals surface area contributed by atoms with Gasteiger partial charge in [-0.3, -0.25) is 9.35 Å². The molecule has 23 heavy (non-hydrogen) atoms. The van der Waals surface area contributed by atoms with Crippen molar-refractivity contribution in [2.75, 3.05) is 11.6 Å². The molecule has 11 heteroatoms. The topological polar surface area (TPSA) is 113 Å². The molecular weight excluding hydrogens is 371 g/mol. The predicted octanol–water partition coefficient (Wildman–Crippen LogP) is 1.90. The molecule has 1 heterocycles. The third kappa shape index (κ3) is 3.63. The van der Waals surface area contributed by atoms with Crippen molar-refractivity contribution >= 4 is 56.6 Å². The minimum absolute atomic E-state index is 0.0200. The molecule has 0 fully saturated rings. The van der Waals surface area contributed by atoms with Gasteiger partial charge in [0.1, 0.15) is 4.90 Å². The number of hydrazone groups is 1. The molecule has 1 amide bonds. The van der Waals surface area contributed by atoms with Crippen LogP contribution in [-0.4, -0.2) is 37.2 Å². The van der Waals surface area contributed by atoms with E-state index in [0.29, 0.717) is 0 Å². The molecule has 0 aliphatic carbocycles. The Morgan fingerprint density at radius 1 is 1.39 bits per heavy atom. The number of ether oxygens (including phenoxy) is 1. The molecule has 1 aliphatic heterocycles. The number of halogens is 2. The van der Waals surface area contributed by atoms with Gasteiger partial charge in [-0.15, -0.1) is 0 Å². The second-order valence-electron chi connectivity index (χ2n) is 4.36. The molecule has 124 valence electrons. The maximum absolute atomic E-state index is 12.0. The average Bonchev–Trinajstić information content (AvgIpc) is 2.82. The summed E-state index contributed by atoms with van der Waals surface area (Å²) in [4.78, 5) is 23.0. The highest BCUT2D eigenvalue weighted by Crippen LogP contribution is 2.35. The summed E-state index contributed by atoms with van der Waals surface area (Å²) < 4.78 is 36.1. The summed E-state index contributed by atoms with van der Waals surface area (Å²) in [6, 6.07) is 1.95. The third-order valence-electron chi connectivity index (χ3n) is 2.79. The molecule has 0 radical (unpaired) electrons. The summed E-state index contributed by atoms with van der Waals surface area (Å²) in [5.41, 5.74) is -0.128. The smallest absolute Gasteiger partial charge is 0.355 e. The van der Waals surface area contributed by atoms with Crippen LogP contribution >= 0.6 is 23.2 Å². The van der Waals surface area contributed by atoms with Gasteiger partial charge in [0.25, 0.3) is 16.0 Å². The lowest BCUT2D eigenvalue weighted by Crippen LogP contribution is -2.20. The summed E-state index contributed by atoms with van der Waals surface area (Å²) in [6.45, 7) is 1.74. The number of amides is 1. The standard InChI is InChI=1S/C12H10Cl2N2O6S/c1-2-22-12(18)8-5-11(17)16(15-8)9-3-7(14)10(4-6(9)13)23(19,20)21/h3-4H,2,5H2,1H3,(H,19,20,21). The number of nitrogens with zero attached hydrogens (tertiary/aromatic N) is 2. The van der Waals surface area contributed by atoms with Crippen molar-refractivity contribution in [3.63, 3.8) is 0 Å². The molecule has 0 saturated carbocycles. The van der Waals surface area contributed by atoms with Crippen molar-refractivity contribution in [1.29, 1.82) is 0 Å². The Bertz CT molecular complexity index is 821. The van der Waals surface area contributed by atoms with E-state index in [1.807, 2.05) is 0 Å². The first-order chi connectivity index (χ1) is 10.6. The van der Waals surface area contributed by atoms with Crippen LogP contribution in [0.1, 0.15) is 13.3 Å². The highest BCUT2D eigenvalue weighted by atomic mass is 35.5. The minimum atomic E-state index is -4.57. The summed E-state index contributed by atoms with van der Waals surface area (Å²) in [5, 5.41) is 4.11. The fourth-order valence-electron chi connectivity index (χ4n) is 1.82. The number of anilines is 1. The van der Waals surface area contributed by atoms with Crippen molar-refractivity contribution in [2.24, 2.45) is 5.10 Å². The maximum atomic E-state index is 12.0. The molecule has 8 nitrogen and oxygen atoms in total. The molecule has 0 bridgehead atoms. The van der Waals surface area contributed by atoms with E-state index >= 15 is 0 Å². The van der Waals surface area contributed by atoms with Gasteiger partial charge in [0, 0.05) is 0 Å². The quantitative estimate of drug-likeness (QED) is 0.630. The van der Waals surface area contributed by atoms with E-state index in [1.165, 1.54) is 0 Å². The lowest BCUT2D eigenvalue weighted by atomic mass is 10.2. The van der Waals surface area contributed by atoms with Gasteiger partial charge in [0.2, 0.25) is 0 Å². The average molecular weight is 381 g/mol. The van der Waals surface area contributed by atoms with Crippen LogP contribution in [-0.2, 0) is 24.4 Å². The number of hydrogen-bond acceptors (Lipinski definition) is 6. The molecule has 0 aromatic heterocycles. The van der Waals surface area contributed by atoms with Gasteiger partial charge < -0.3 is 4.74 Å².